The summed E-state index contributed by atoms with van der Waals surface area (Å²) in [5.41, 5.74) is 0.831. The number of anilines is 1. The summed E-state index contributed by atoms with van der Waals surface area (Å²) in [4.78, 5) is 16.9. The molecule has 1 heterocycles. The Morgan fingerprint density at radius 1 is 1.07 bits per heavy atom. The Labute approximate surface area is 178 Å². The van der Waals surface area contributed by atoms with Crippen molar-refractivity contribution < 1.29 is 17.6 Å². The molecule has 3 rings (SSSR count). The molecule has 0 saturated carbocycles. The van der Waals surface area contributed by atoms with Gasteiger partial charge in [-0.2, -0.15) is 0 Å². The molecule has 9 heteroatoms. The van der Waals surface area contributed by atoms with Crippen molar-refractivity contribution in [3.8, 4) is 0 Å². The zero-order valence-electron chi connectivity index (χ0n) is 15.7. The van der Waals surface area contributed by atoms with Crippen LogP contribution in [0.1, 0.15) is 10.4 Å². The Hall–Kier alpha value is -3.17. The van der Waals surface area contributed by atoms with Crippen molar-refractivity contribution in [3.05, 3.63) is 90.9 Å². The van der Waals surface area contributed by atoms with Gasteiger partial charge in [0.2, 0.25) is 0 Å². The van der Waals surface area contributed by atoms with Gasteiger partial charge in [-0.1, -0.05) is 17.8 Å². The highest BCUT2D eigenvalue weighted by Gasteiger charge is 2.14. The fraction of sp³-hybridized carbons (Fsp3) is 0.0476. The molecule has 0 spiro atoms. The van der Waals surface area contributed by atoms with Crippen molar-refractivity contribution in [2.75, 3.05) is 11.3 Å². The van der Waals surface area contributed by atoms with E-state index in [9.17, 15) is 17.6 Å². The van der Waals surface area contributed by atoms with Crippen LogP contribution in [0.4, 0.5) is 10.1 Å². The lowest BCUT2D eigenvalue weighted by molar-refractivity contribution is 0.0957. The molecule has 0 unspecified atom stereocenters. The van der Waals surface area contributed by atoms with Crippen LogP contribution < -0.4 is 10.0 Å². The summed E-state index contributed by atoms with van der Waals surface area (Å²) in [5, 5.41) is 3.37. The SMILES string of the molecule is C=CCNC(=O)c1ccc(Sc2ccc(NS(=O)(=O)c3ccc(F)cc3)cc2)nc1. The smallest absolute Gasteiger partial charge is 0.261 e. The van der Waals surface area contributed by atoms with Crippen LogP contribution in [0.15, 0.2) is 94.3 Å². The van der Waals surface area contributed by atoms with Gasteiger partial charge in [-0.25, -0.2) is 17.8 Å². The maximum absolute atomic E-state index is 13.0. The summed E-state index contributed by atoms with van der Waals surface area (Å²) in [6.45, 7) is 3.93. The van der Waals surface area contributed by atoms with E-state index in [2.05, 4.69) is 21.6 Å². The number of nitrogens with one attached hydrogen (secondary N) is 2. The number of carbonyl (C=O) groups is 1. The Bertz CT molecular complexity index is 1130. The van der Waals surface area contributed by atoms with E-state index in [1.165, 1.54) is 30.1 Å². The third kappa shape index (κ3) is 5.68. The van der Waals surface area contributed by atoms with Gasteiger partial charge in [0.15, 0.2) is 0 Å². The molecule has 0 aliphatic rings. The number of benzene rings is 2. The van der Waals surface area contributed by atoms with Gasteiger partial charge >= 0.3 is 0 Å². The minimum atomic E-state index is -3.80. The molecule has 154 valence electrons. The summed E-state index contributed by atoms with van der Waals surface area (Å²) >= 11 is 1.37. The lowest BCUT2D eigenvalue weighted by Gasteiger charge is -2.09. The quantitative estimate of drug-likeness (QED) is 0.512. The number of aromatic nitrogens is 1. The van der Waals surface area contributed by atoms with E-state index in [0.29, 0.717) is 22.8 Å². The number of hydrogen-bond donors (Lipinski definition) is 2. The van der Waals surface area contributed by atoms with E-state index in [1.54, 1.807) is 42.5 Å². The van der Waals surface area contributed by atoms with Gasteiger partial charge in [-0.15, -0.1) is 6.58 Å². The first-order valence-corrected chi connectivity index (χ1v) is 11.1. The number of sulfonamides is 1. The topological polar surface area (TPSA) is 88.2 Å². The van der Waals surface area contributed by atoms with Gasteiger partial charge in [0.05, 0.1) is 10.5 Å². The molecule has 30 heavy (non-hydrogen) atoms. The van der Waals surface area contributed by atoms with Gasteiger partial charge in [0.1, 0.15) is 10.8 Å². The molecular formula is C21H18FN3O3S2. The van der Waals surface area contributed by atoms with Crippen LogP contribution in [0, 0.1) is 5.82 Å². The van der Waals surface area contributed by atoms with E-state index >= 15 is 0 Å². The molecule has 0 fully saturated rings. The molecule has 3 aromatic rings. The molecule has 0 radical (unpaired) electrons. The van der Waals surface area contributed by atoms with Crippen molar-refractivity contribution in [1.29, 1.82) is 0 Å². The number of carbonyl (C=O) groups excluding carboxylic acids is 1. The van der Waals surface area contributed by atoms with E-state index in [1.807, 2.05) is 0 Å². The number of halogens is 1. The maximum atomic E-state index is 13.0. The van der Waals surface area contributed by atoms with Crippen molar-refractivity contribution in [2.24, 2.45) is 0 Å². The van der Waals surface area contributed by atoms with Gasteiger partial charge in [0, 0.05) is 23.3 Å². The van der Waals surface area contributed by atoms with E-state index in [-0.39, 0.29) is 10.8 Å². The van der Waals surface area contributed by atoms with E-state index in [4.69, 9.17) is 0 Å². The highest BCUT2D eigenvalue weighted by Crippen LogP contribution is 2.27. The van der Waals surface area contributed by atoms with Crippen LogP contribution >= 0.6 is 11.8 Å². The molecule has 1 amide bonds. The van der Waals surface area contributed by atoms with Crippen LogP contribution in [0.3, 0.4) is 0 Å². The molecule has 0 aliphatic heterocycles. The van der Waals surface area contributed by atoms with Gasteiger partial charge in [0.25, 0.3) is 15.9 Å². The zero-order chi connectivity index (χ0) is 21.6. The first-order chi connectivity index (χ1) is 14.4. The van der Waals surface area contributed by atoms with Crippen LogP contribution in [0.5, 0.6) is 0 Å². The van der Waals surface area contributed by atoms with Crippen LogP contribution in [-0.4, -0.2) is 25.9 Å². The number of rotatable bonds is 8. The first kappa shape index (κ1) is 21.5. The lowest BCUT2D eigenvalue weighted by atomic mass is 10.3. The van der Waals surface area contributed by atoms with E-state index < -0.39 is 15.8 Å². The molecule has 0 bridgehead atoms. The minimum absolute atomic E-state index is 0.0243. The summed E-state index contributed by atoms with van der Waals surface area (Å²) in [6.07, 6.45) is 3.09. The summed E-state index contributed by atoms with van der Waals surface area (Å²) < 4.78 is 40.2. The fourth-order valence-electron chi connectivity index (χ4n) is 2.38. The van der Waals surface area contributed by atoms with Gasteiger partial charge in [-0.05, 0) is 60.7 Å². The Morgan fingerprint density at radius 2 is 1.77 bits per heavy atom. The lowest BCUT2D eigenvalue weighted by Crippen LogP contribution is -2.23. The average Bonchev–Trinajstić information content (AvgIpc) is 2.74. The fourth-order valence-corrected chi connectivity index (χ4v) is 4.20. The highest BCUT2D eigenvalue weighted by molar-refractivity contribution is 7.99. The summed E-state index contributed by atoms with van der Waals surface area (Å²) in [5.74, 6) is -0.730. The van der Waals surface area contributed by atoms with Crippen molar-refractivity contribution >= 4 is 33.4 Å². The second kappa shape index (κ2) is 9.55. The number of hydrogen-bond acceptors (Lipinski definition) is 5. The predicted molar refractivity (Wildman–Crippen MR) is 115 cm³/mol. The van der Waals surface area contributed by atoms with Crippen LogP contribution in [0.2, 0.25) is 0 Å². The number of amides is 1. The molecule has 2 N–H and O–H groups in total. The van der Waals surface area contributed by atoms with Crippen LogP contribution in [-0.2, 0) is 10.0 Å². The number of pyridine rings is 1. The average molecular weight is 444 g/mol. The monoisotopic (exact) mass is 443 g/mol. The van der Waals surface area contributed by atoms with Crippen LogP contribution in [0.25, 0.3) is 0 Å². The molecule has 1 aromatic heterocycles. The van der Waals surface area contributed by atoms with Gasteiger partial charge in [-0.3, -0.25) is 9.52 Å². The molecule has 6 nitrogen and oxygen atoms in total. The summed E-state index contributed by atoms with van der Waals surface area (Å²) in [7, 11) is -3.80. The second-order valence-corrected chi connectivity index (χ2v) is 8.85. The van der Waals surface area contributed by atoms with E-state index in [0.717, 1.165) is 17.0 Å². The van der Waals surface area contributed by atoms with Crippen molar-refractivity contribution in [1.82, 2.24) is 10.3 Å². The Morgan fingerprint density at radius 3 is 2.37 bits per heavy atom. The first-order valence-electron chi connectivity index (χ1n) is 8.79. The molecule has 0 saturated heterocycles. The molecule has 0 atom stereocenters. The predicted octanol–water partition coefficient (Wildman–Crippen LogP) is 4.09. The number of nitrogens with zero attached hydrogens (tertiary/aromatic N) is 1. The zero-order valence-corrected chi connectivity index (χ0v) is 17.3. The normalized spacial score (nSPS) is 11.0. The standard InChI is InChI=1S/C21H18FN3O3S2/c1-2-13-23-21(26)15-3-12-20(24-14-15)29-18-8-6-17(7-9-18)25-30(27,28)19-10-4-16(22)5-11-19/h2-12,14,25H,1,13H2,(H,23,26). The molecule has 0 aliphatic carbocycles. The maximum Gasteiger partial charge on any atom is 0.261 e. The van der Waals surface area contributed by atoms with Gasteiger partial charge < -0.3 is 5.32 Å². The summed E-state index contributed by atoms with van der Waals surface area (Å²) in [6, 6.07) is 14.8. The van der Waals surface area contributed by atoms with Crippen molar-refractivity contribution in [3.63, 3.8) is 0 Å². The van der Waals surface area contributed by atoms with Crippen molar-refractivity contribution in [2.45, 2.75) is 14.8 Å². The Kier molecular flexibility index (Phi) is 6.86. The second-order valence-electron chi connectivity index (χ2n) is 6.07. The third-order valence-electron chi connectivity index (χ3n) is 3.86. The molecular weight excluding hydrogens is 425 g/mol. The minimum Gasteiger partial charge on any atom is -0.349 e. The Balaban J connectivity index is 1.64. The largest absolute Gasteiger partial charge is 0.349 e. The highest BCUT2D eigenvalue weighted by atomic mass is 32.2. The third-order valence-corrected chi connectivity index (χ3v) is 6.21. The molecule has 2 aromatic carbocycles.